The summed E-state index contributed by atoms with van der Waals surface area (Å²) in [4.78, 5) is 79.5. The minimum absolute atomic E-state index is 0.0231. The third-order valence-corrected chi connectivity index (χ3v) is 3.95. The topological polar surface area (TPSA) is 402 Å². The molecule has 20 heteroatoms. The van der Waals surface area contributed by atoms with E-state index in [4.69, 9.17) is 63.8 Å². The normalized spacial score (nSPS) is 12.5. The van der Waals surface area contributed by atoms with Crippen molar-refractivity contribution in [2.45, 2.75) is 75.5 Å². The number of carbonyl (C=O) groups is 8. The van der Waals surface area contributed by atoms with Crippen LogP contribution in [0.4, 0.5) is 0 Å². The lowest BCUT2D eigenvalue weighted by atomic mass is 10.2. The van der Waals surface area contributed by atoms with Gasteiger partial charge in [-0.25, -0.2) is 0 Å². The molecule has 20 nitrogen and oxygen atoms in total. The Kier molecular flexibility index (Phi) is 26.6. The average molecular weight is 589 g/mol. The largest absolute Gasteiger partial charge is 0.481 e. The maximum Gasteiger partial charge on any atom is 0.320 e. The lowest BCUT2D eigenvalue weighted by molar-refractivity contribution is -0.141. The van der Waals surface area contributed by atoms with Crippen LogP contribution in [0.1, 0.15) is 51.4 Å². The van der Waals surface area contributed by atoms with Gasteiger partial charge in [0.25, 0.3) is 0 Å². The highest BCUT2D eigenvalue weighted by atomic mass is 16.4. The molecule has 0 rings (SSSR count). The van der Waals surface area contributed by atoms with E-state index < -0.39 is 71.9 Å². The molecular formula is C20H36N4O16. The van der Waals surface area contributed by atoms with Crippen LogP contribution in [0.5, 0.6) is 0 Å². The van der Waals surface area contributed by atoms with E-state index in [0.29, 0.717) is 0 Å². The molecule has 0 radical (unpaired) electrons. The van der Waals surface area contributed by atoms with Gasteiger partial charge >= 0.3 is 47.8 Å². The SMILES string of the molecule is N[C@@H](CCC(=O)O)C(=O)O.N[C@@H](CCC(=O)O)C(=O)O.N[C@@H](CCC(=O)O)C(=O)O.N[C@@H](CCC(=O)O)C(=O)O. The highest BCUT2D eigenvalue weighted by Crippen LogP contribution is 1.95. The standard InChI is InChI=1S/4C5H9NO4/c4*6-3(5(9)10)1-2-4(7)8/h4*3H,1-2,6H2,(H,7,8)(H,9,10)/t4*3-/m0000/s1. The van der Waals surface area contributed by atoms with E-state index in [1.165, 1.54) is 0 Å². The Balaban J connectivity index is -0.000000216. The minimum Gasteiger partial charge on any atom is -0.481 e. The molecule has 0 saturated carbocycles. The lowest BCUT2D eigenvalue weighted by Gasteiger charge is -2.01. The van der Waals surface area contributed by atoms with Crippen molar-refractivity contribution in [3.05, 3.63) is 0 Å². The van der Waals surface area contributed by atoms with Crippen LogP contribution in [0.25, 0.3) is 0 Å². The predicted molar refractivity (Wildman–Crippen MR) is 130 cm³/mol. The zero-order valence-electron chi connectivity index (χ0n) is 21.1. The molecule has 0 aliphatic heterocycles. The van der Waals surface area contributed by atoms with Crippen LogP contribution in [0.2, 0.25) is 0 Å². The zero-order valence-corrected chi connectivity index (χ0v) is 21.1. The third-order valence-electron chi connectivity index (χ3n) is 3.95. The van der Waals surface area contributed by atoms with Crippen LogP contribution in [0.3, 0.4) is 0 Å². The number of carboxylic acids is 8. The minimum atomic E-state index is -1.17. The maximum absolute atomic E-state index is 9.99. The molecule has 0 aromatic carbocycles. The second-order valence-corrected chi connectivity index (χ2v) is 7.51. The van der Waals surface area contributed by atoms with Gasteiger partial charge in [-0.2, -0.15) is 0 Å². The number of aliphatic carboxylic acids is 8. The molecule has 0 aliphatic rings. The Bertz CT molecular complexity index is 714. The molecule has 4 atom stereocenters. The highest BCUT2D eigenvalue weighted by Gasteiger charge is 2.14. The molecule has 16 N–H and O–H groups in total. The van der Waals surface area contributed by atoms with Crippen LogP contribution in [0, 0.1) is 0 Å². The molecule has 0 spiro atoms. The molecule has 0 heterocycles. The fourth-order valence-corrected chi connectivity index (χ4v) is 1.61. The molecule has 40 heavy (non-hydrogen) atoms. The summed E-state index contributed by atoms with van der Waals surface area (Å²) >= 11 is 0. The second-order valence-electron chi connectivity index (χ2n) is 7.51. The number of nitrogens with two attached hydrogens (primary N) is 4. The molecule has 0 fully saturated rings. The monoisotopic (exact) mass is 588 g/mol. The first-order valence-corrected chi connectivity index (χ1v) is 11.0. The smallest absolute Gasteiger partial charge is 0.320 e. The van der Waals surface area contributed by atoms with Crippen molar-refractivity contribution in [3.63, 3.8) is 0 Å². The summed E-state index contributed by atoms with van der Waals surface area (Å²) < 4.78 is 0. The van der Waals surface area contributed by atoms with Crippen molar-refractivity contribution in [2.75, 3.05) is 0 Å². The Morgan fingerprint density at radius 3 is 0.550 bits per heavy atom. The first-order valence-electron chi connectivity index (χ1n) is 11.0. The summed E-state index contributed by atoms with van der Waals surface area (Å²) in [6, 6.07) is -4.24. The quantitative estimate of drug-likeness (QED) is 0.0856. The first kappa shape index (κ1) is 42.7. The summed E-state index contributed by atoms with van der Waals surface area (Å²) in [5, 5.41) is 65.1. The van der Waals surface area contributed by atoms with Crippen LogP contribution in [-0.2, 0) is 38.4 Å². The number of hydrogen-bond acceptors (Lipinski definition) is 12. The van der Waals surface area contributed by atoms with Gasteiger partial charge in [0.05, 0.1) is 0 Å². The van der Waals surface area contributed by atoms with Crippen molar-refractivity contribution >= 4 is 47.8 Å². The van der Waals surface area contributed by atoms with Crippen molar-refractivity contribution < 1.29 is 79.2 Å². The van der Waals surface area contributed by atoms with Crippen LogP contribution in [-0.4, -0.2) is 113 Å². The first-order chi connectivity index (χ1) is 18.1. The van der Waals surface area contributed by atoms with E-state index in [0.717, 1.165) is 0 Å². The summed E-state index contributed by atoms with van der Waals surface area (Å²) in [5.74, 6) is -8.79. The van der Waals surface area contributed by atoms with Crippen LogP contribution in [0.15, 0.2) is 0 Å². The third kappa shape index (κ3) is 35.8. The van der Waals surface area contributed by atoms with Gasteiger partial charge in [-0.1, -0.05) is 0 Å². The maximum atomic E-state index is 9.99. The summed E-state index contributed by atoms with van der Waals surface area (Å²) in [7, 11) is 0. The van der Waals surface area contributed by atoms with Crippen molar-refractivity contribution in [3.8, 4) is 0 Å². The van der Waals surface area contributed by atoms with E-state index in [2.05, 4.69) is 0 Å². The lowest BCUT2D eigenvalue weighted by Crippen LogP contribution is -2.30. The summed E-state index contributed by atoms with van der Waals surface area (Å²) in [5.41, 5.74) is 20.0. The fourth-order valence-electron chi connectivity index (χ4n) is 1.61. The van der Waals surface area contributed by atoms with Gasteiger partial charge in [-0.3, -0.25) is 38.4 Å². The number of rotatable bonds is 16. The van der Waals surface area contributed by atoms with E-state index in [1.807, 2.05) is 0 Å². The van der Waals surface area contributed by atoms with Gasteiger partial charge in [0.2, 0.25) is 0 Å². The second kappa shape index (κ2) is 24.9. The Labute approximate surface area is 226 Å². The molecular weight excluding hydrogens is 552 g/mol. The van der Waals surface area contributed by atoms with E-state index in [-0.39, 0.29) is 51.4 Å². The van der Waals surface area contributed by atoms with E-state index in [9.17, 15) is 38.4 Å². The van der Waals surface area contributed by atoms with Gasteiger partial charge in [-0.05, 0) is 25.7 Å². The van der Waals surface area contributed by atoms with Gasteiger partial charge in [0, 0.05) is 25.7 Å². The van der Waals surface area contributed by atoms with Crippen LogP contribution >= 0.6 is 0 Å². The van der Waals surface area contributed by atoms with Gasteiger partial charge in [-0.15, -0.1) is 0 Å². The molecule has 0 aliphatic carbocycles. The Hall–Kier alpha value is -4.40. The Morgan fingerprint density at radius 1 is 0.350 bits per heavy atom. The van der Waals surface area contributed by atoms with Gasteiger partial charge in [0.1, 0.15) is 24.2 Å². The average Bonchev–Trinajstić information content (AvgIpc) is 2.83. The molecule has 0 unspecified atom stereocenters. The predicted octanol–water partition coefficient (Wildman–Crippen LogP) is -2.95. The number of carboxylic acid groups (broad SMARTS) is 8. The van der Waals surface area contributed by atoms with Crippen molar-refractivity contribution in [2.24, 2.45) is 22.9 Å². The van der Waals surface area contributed by atoms with Crippen molar-refractivity contribution in [1.29, 1.82) is 0 Å². The van der Waals surface area contributed by atoms with Crippen LogP contribution < -0.4 is 22.9 Å². The fraction of sp³-hybridized carbons (Fsp3) is 0.600. The molecule has 232 valence electrons. The molecule has 0 bridgehead atoms. The summed E-state index contributed by atoms with van der Waals surface area (Å²) in [6.45, 7) is 0. The molecule has 0 aromatic rings. The Morgan fingerprint density at radius 2 is 0.475 bits per heavy atom. The van der Waals surface area contributed by atoms with E-state index >= 15 is 0 Å². The molecule has 0 aromatic heterocycles. The van der Waals surface area contributed by atoms with Gasteiger partial charge < -0.3 is 63.8 Å². The summed E-state index contributed by atoms with van der Waals surface area (Å²) in [6.07, 6.45) is -0.896. The number of hydrogen-bond donors (Lipinski definition) is 12. The van der Waals surface area contributed by atoms with E-state index in [1.54, 1.807) is 0 Å². The van der Waals surface area contributed by atoms with Gasteiger partial charge in [0.15, 0.2) is 0 Å². The van der Waals surface area contributed by atoms with Crippen molar-refractivity contribution in [1.82, 2.24) is 0 Å². The zero-order chi connectivity index (χ0) is 32.6. The molecule has 0 amide bonds. The molecule has 0 saturated heterocycles. The highest BCUT2D eigenvalue weighted by molar-refractivity contribution is 5.76.